The molecule has 2 N–H and O–H groups in total. The molecule has 2 rings (SSSR count). The second kappa shape index (κ2) is 5.94. The number of alkyl halides is 3. The summed E-state index contributed by atoms with van der Waals surface area (Å²) in [6.45, 7) is 2.48. The van der Waals surface area contributed by atoms with Gasteiger partial charge in [0.05, 0.1) is 5.41 Å². The Balaban J connectivity index is 1.95. The summed E-state index contributed by atoms with van der Waals surface area (Å²) < 4.78 is 36.9. The molecule has 1 saturated heterocycles. The van der Waals surface area contributed by atoms with Crippen LogP contribution in [-0.4, -0.2) is 45.8 Å². The molecule has 122 valence electrons. The lowest BCUT2D eigenvalue weighted by molar-refractivity contribution is -0.184. The molecule has 2 heterocycles. The number of hydrogen-bond acceptors (Lipinski definition) is 5. The molecule has 1 aromatic rings. The summed E-state index contributed by atoms with van der Waals surface area (Å²) in [5.74, 6) is 0.183. The van der Waals surface area contributed by atoms with Crippen molar-refractivity contribution in [3.8, 4) is 0 Å². The van der Waals surface area contributed by atoms with Crippen molar-refractivity contribution in [3.05, 3.63) is 11.8 Å². The van der Waals surface area contributed by atoms with Gasteiger partial charge in [-0.3, -0.25) is 4.79 Å². The van der Waals surface area contributed by atoms with E-state index in [4.69, 9.17) is 5.73 Å². The fourth-order valence-corrected chi connectivity index (χ4v) is 3.28. The van der Waals surface area contributed by atoms with Crippen molar-refractivity contribution in [3.63, 3.8) is 0 Å². The molecule has 0 aliphatic carbocycles. The molecule has 22 heavy (non-hydrogen) atoms. The number of nitrogens with two attached hydrogens (primary N) is 1. The minimum Gasteiger partial charge on any atom is -0.384 e. The number of nitrogen functional groups attached to an aromatic ring is 1. The smallest absolute Gasteiger partial charge is 0.384 e. The van der Waals surface area contributed by atoms with Gasteiger partial charge in [0.1, 0.15) is 12.4 Å². The van der Waals surface area contributed by atoms with E-state index in [1.165, 1.54) is 11.8 Å². The molecule has 5 nitrogen and oxygen atoms in total. The average molecular weight is 334 g/mol. The topological polar surface area (TPSA) is 72.1 Å². The Morgan fingerprint density at radius 3 is 2.68 bits per heavy atom. The van der Waals surface area contributed by atoms with Gasteiger partial charge in [0.2, 0.25) is 5.91 Å². The van der Waals surface area contributed by atoms with Crippen LogP contribution in [0.2, 0.25) is 0 Å². The summed E-state index contributed by atoms with van der Waals surface area (Å²) in [6.07, 6.45) is -3.66. The predicted molar refractivity (Wildman–Crippen MR) is 77.3 cm³/mol. The van der Waals surface area contributed by atoms with Crippen molar-refractivity contribution in [2.75, 3.05) is 24.6 Å². The molecular weight excluding hydrogens is 317 g/mol. The van der Waals surface area contributed by atoms with Crippen molar-refractivity contribution < 1.29 is 18.0 Å². The van der Waals surface area contributed by atoms with Crippen LogP contribution in [0.4, 0.5) is 19.0 Å². The second-order valence-corrected chi connectivity index (χ2v) is 6.49. The Morgan fingerprint density at radius 2 is 2.14 bits per heavy atom. The molecule has 0 bridgehead atoms. The van der Waals surface area contributed by atoms with E-state index in [0.717, 1.165) is 10.6 Å². The van der Waals surface area contributed by atoms with Gasteiger partial charge in [-0.1, -0.05) is 18.7 Å². The summed E-state index contributed by atoms with van der Waals surface area (Å²) in [4.78, 5) is 21.1. The molecule has 1 aliphatic heterocycles. The van der Waals surface area contributed by atoms with Crippen LogP contribution in [0.15, 0.2) is 11.2 Å². The highest BCUT2D eigenvalue weighted by Crippen LogP contribution is 2.38. The number of aromatic nitrogens is 2. The van der Waals surface area contributed by atoms with Crippen molar-refractivity contribution in [2.45, 2.75) is 31.6 Å². The Bertz CT molecular complexity index is 581. The van der Waals surface area contributed by atoms with Gasteiger partial charge in [0.25, 0.3) is 0 Å². The summed E-state index contributed by atoms with van der Waals surface area (Å²) in [7, 11) is 0. The number of carbonyl (C=O) groups is 1. The molecule has 0 radical (unpaired) electrons. The Kier molecular flexibility index (Phi) is 4.55. The van der Waals surface area contributed by atoms with Gasteiger partial charge in [-0.05, 0) is 13.3 Å². The van der Waals surface area contributed by atoms with Crippen LogP contribution in [0.3, 0.4) is 0 Å². The highest BCUT2D eigenvalue weighted by Gasteiger charge is 2.51. The molecule has 1 fully saturated rings. The van der Waals surface area contributed by atoms with E-state index < -0.39 is 24.0 Å². The highest BCUT2D eigenvalue weighted by molar-refractivity contribution is 7.99. The number of hydrogen-bond donors (Lipinski definition) is 1. The number of carbonyl (C=O) groups excluding carboxylic acids is 1. The van der Waals surface area contributed by atoms with E-state index in [1.54, 1.807) is 13.0 Å². The first kappa shape index (κ1) is 16.9. The van der Waals surface area contributed by atoms with Gasteiger partial charge in [0, 0.05) is 24.1 Å². The van der Waals surface area contributed by atoms with Crippen molar-refractivity contribution in [2.24, 2.45) is 5.41 Å². The third-order valence-corrected chi connectivity index (χ3v) is 4.60. The lowest BCUT2D eigenvalue weighted by Crippen LogP contribution is -2.63. The van der Waals surface area contributed by atoms with Gasteiger partial charge >= 0.3 is 6.18 Å². The lowest BCUT2D eigenvalue weighted by Gasteiger charge is -2.46. The largest absolute Gasteiger partial charge is 0.406 e. The van der Waals surface area contributed by atoms with E-state index in [0.29, 0.717) is 23.1 Å². The maximum Gasteiger partial charge on any atom is 0.406 e. The van der Waals surface area contributed by atoms with Crippen LogP contribution < -0.4 is 5.73 Å². The Labute approximate surface area is 130 Å². The fraction of sp³-hybridized carbons (Fsp3) is 0.615. The normalized spacial score (nSPS) is 21.9. The van der Waals surface area contributed by atoms with Crippen LogP contribution in [0.25, 0.3) is 0 Å². The molecule has 9 heteroatoms. The number of β-lactam (4-membered cyclic amide) rings is 1. The number of anilines is 1. The van der Waals surface area contributed by atoms with Crippen LogP contribution in [0, 0.1) is 5.41 Å². The molecule has 1 unspecified atom stereocenters. The highest BCUT2D eigenvalue weighted by atomic mass is 32.2. The summed E-state index contributed by atoms with van der Waals surface area (Å²) in [6, 6.07) is 1.67. The molecule has 1 atom stereocenters. The Morgan fingerprint density at radius 1 is 1.45 bits per heavy atom. The SMILES string of the molecule is CCc1cc(N)nc(SCC2(C)CN(CC(F)(F)F)C2=O)n1. The summed E-state index contributed by atoms with van der Waals surface area (Å²) in [5.41, 5.74) is 5.66. The van der Waals surface area contributed by atoms with Crippen molar-refractivity contribution >= 4 is 23.5 Å². The van der Waals surface area contributed by atoms with Crippen LogP contribution >= 0.6 is 11.8 Å². The number of nitrogens with zero attached hydrogens (tertiary/aromatic N) is 3. The quantitative estimate of drug-likeness (QED) is 0.507. The second-order valence-electron chi connectivity index (χ2n) is 5.55. The van der Waals surface area contributed by atoms with Crippen LogP contribution in [0.5, 0.6) is 0 Å². The average Bonchev–Trinajstić information content (AvgIpc) is 2.42. The number of aryl methyl sites for hydroxylation is 1. The van der Waals surface area contributed by atoms with Gasteiger partial charge in [-0.2, -0.15) is 13.2 Å². The first-order chi connectivity index (χ1) is 10.1. The first-order valence-corrected chi connectivity index (χ1v) is 7.74. The van der Waals surface area contributed by atoms with Crippen molar-refractivity contribution in [1.29, 1.82) is 0 Å². The van der Waals surface area contributed by atoms with Gasteiger partial charge < -0.3 is 10.6 Å². The molecule has 1 amide bonds. The first-order valence-electron chi connectivity index (χ1n) is 6.75. The van der Waals surface area contributed by atoms with E-state index in [1.807, 2.05) is 6.92 Å². The number of likely N-dealkylation sites (tertiary alicyclic amines) is 1. The molecule has 0 aromatic carbocycles. The molecule has 1 aliphatic rings. The minimum absolute atomic E-state index is 0.0846. The zero-order chi connectivity index (χ0) is 16.5. The predicted octanol–water partition coefficient (Wildman–Crippen LogP) is 2.12. The summed E-state index contributed by atoms with van der Waals surface area (Å²) in [5, 5.41) is 0.445. The molecule has 0 spiro atoms. The standard InChI is InChI=1S/C13H17F3N4OS/c1-3-8-4-9(17)19-11(18-8)22-7-12(2)5-20(10(12)21)6-13(14,15)16/h4H,3,5-7H2,1-2H3,(H2,17,18,19). The number of rotatable bonds is 5. The number of thioether (sulfide) groups is 1. The minimum atomic E-state index is -4.36. The van der Waals surface area contributed by atoms with Gasteiger partial charge in [-0.25, -0.2) is 9.97 Å². The zero-order valence-corrected chi connectivity index (χ0v) is 13.1. The van der Waals surface area contributed by atoms with E-state index >= 15 is 0 Å². The molecule has 0 saturated carbocycles. The Hall–Kier alpha value is -1.51. The third-order valence-electron chi connectivity index (χ3n) is 3.37. The zero-order valence-electron chi connectivity index (χ0n) is 12.3. The summed E-state index contributed by atoms with van der Waals surface area (Å²) >= 11 is 1.24. The lowest BCUT2D eigenvalue weighted by atomic mass is 9.83. The number of halogens is 3. The van der Waals surface area contributed by atoms with Gasteiger partial charge in [0.15, 0.2) is 5.16 Å². The maximum atomic E-state index is 12.3. The van der Waals surface area contributed by atoms with Crippen LogP contribution in [-0.2, 0) is 11.2 Å². The van der Waals surface area contributed by atoms with Gasteiger partial charge in [-0.15, -0.1) is 0 Å². The molecule has 1 aromatic heterocycles. The van der Waals surface area contributed by atoms with E-state index in [2.05, 4.69) is 9.97 Å². The third kappa shape index (κ3) is 3.82. The molecular formula is C13H17F3N4OS. The van der Waals surface area contributed by atoms with E-state index in [-0.39, 0.29) is 6.54 Å². The number of amides is 1. The van der Waals surface area contributed by atoms with Crippen molar-refractivity contribution in [1.82, 2.24) is 14.9 Å². The fourth-order valence-electron chi connectivity index (χ4n) is 2.27. The van der Waals surface area contributed by atoms with E-state index in [9.17, 15) is 18.0 Å². The monoisotopic (exact) mass is 334 g/mol. The van der Waals surface area contributed by atoms with Crippen LogP contribution in [0.1, 0.15) is 19.5 Å². The maximum absolute atomic E-state index is 12.3.